The minimum atomic E-state index is -0.642. The molecule has 0 amide bonds. The molecule has 2 aromatic rings. The van der Waals surface area contributed by atoms with Gasteiger partial charge < -0.3 is 15.2 Å². The molecule has 1 unspecified atom stereocenters. The summed E-state index contributed by atoms with van der Waals surface area (Å²) >= 11 is 0. The highest BCUT2D eigenvalue weighted by molar-refractivity contribution is 5.48. The van der Waals surface area contributed by atoms with E-state index in [4.69, 9.17) is 4.74 Å². The van der Waals surface area contributed by atoms with Crippen molar-refractivity contribution in [3.05, 3.63) is 59.9 Å². The smallest absolute Gasteiger partial charge is 0.126 e. The van der Waals surface area contributed by atoms with Gasteiger partial charge >= 0.3 is 0 Å². The van der Waals surface area contributed by atoms with Gasteiger partial charge in [-0.05, 0) is 42.8 Å². The normalized spacial score (nSPS) is 13.5. The summed E-state index contributed by atoms with van der Waals surface area (Å²) < 4.78 is 18.9. The highest BCUT2D eigenvalue weighted by Gasteiger charge is 2.25. The Hall–Kier alpha value is -2.07. The fraction of sp³-hybridized carbons (Fsp3) is 0.294. The van der Waals surface area contributed by atoms with Crippen molar-refractivity contribution in [2.75, 3.05) is 19.0 Å². The Morgan fingerprint density at radius 3 is 2.38 bits per heavy atom. The van der Waals surface area contributed by atoms with Crippen LogP contribution >= 0.6 is 0 Å². The number of hydrogen-bond donors (Lipinski definition) is 2. The second-order valence-corrected chi connectivity index (χ2v) is 5.34. The van der Waals surface area contributed by atoms with E-state index in [1.165, 1.54) is 6.07 Å². The molecule has 0 aliphatic carbocycles. The molecule has 4 heteroatoms. The van der Waals surface area contributed by atoms with Crippen LogP contribution in [-0.4, -0.2) is 24.4 Å². The molecule has 0 bridgehead atoms. The van der Waals surface area contributed by atoms with E-state index in [0.717, 1.165) is 11.4 Å². The fourth-order valence-corrected chi connectivity index (χ4v) is 2.22. The third-order valence-electron chi connectivity index (χ3n) is 3.42. The van der Waals surface area contributed by atoms with Crippen LogP contribution < -0.4 is 10.1 Å². The molecule has 0 heterocycles. The third kappa shape index (κ3) is 3.95. The van der Waals surface area contributed by atoms with E-state index in [0.29, 0.717) is 12.0 Å². The average molecular weight is 289 g/mol. The molecule has 0 aliphatic heterocycles. The Morgan fingerprint density at radius 2 is 1.81 bits per heavy atom. The van der Waals surface area contributed by atoms with E-state index < -0.39 is 5.54 Å². The number of nitrogens with one attached hydrogen (secondary N) is 1. The van der Waals surface area contributed by atoms with Crippen molar-refractivity contribution in [2.45, 2.75) is 18.9 Å². The molecule has 0 spiro atoms. The molecule has 1 atom stereocenters. The Kier molecular flexibility index (Phi) is 4.81. The van der Waals surface area contributed by atoms with Crippen molar-refractivity contribution in [3.63, 3.8) is 0 Å². The first kappa shape index (κ1) is 15.3. The SMILES string of the molecule is COc1ccc(NC(C)(CO)Cc2ccccc2F)cc1. The minimum Gasteiger partial charge on any atom is -0.497 e. The maximum absolute atomic E-state index is 13.8. The van der Waals surface area contributed by atoms with Gasteiger partial charge in [0.15, 0.2) is 0 Å². The van der Waals surface area contributed by atoms with Gasteiger partial charge in [0.25, 0.3) is 0 Å². The van der Waals surface area contributed by atoms with Crippen LogP contribution in [0.3, 0.4) is 0 Å². The highest BCUT2D eigenvalue weighted by atomic mass is 19.1. The zero-order chi connectivity index (χ0) is 15.3. The lowest BCUT2D eigenvalue weighted by molar-refractivity contribution is 0.221. The van der Waals surface area contributed by atoms with Gasteiger partial charge in [0, 0.05) is 12.1 Å². The lowest BCUT2D eigenvalue weighted by Crippen LogP contribution is -2.41. The standard InChI is InChI=1S/C17H20FNO2/c1-17(12-20,11-13-5-3-4-6-16(13)18)19-14-7-9-15(21-2)10-8-14/h3-10,19-20H,11-12H2,1-2H3. The summed E-state index contributed by atoms with van der Waals surface area (Å²) in [6, 6.07) is 14.0. The largest absolute Gasteiger partial charge is 0.497 e. The second-order valence-electron chi connectivity index (χ2n) is 5.34. The van der Waals surface area contributed by atoms with Crippen molar-refractivity contribution in [3.8, 4) is 5.75 Å². The Balaban J connectivity index is 2.14. The molecule has 112 valence electrons. The zero-order valence-electron chi connectivity index (χ0n) is 12.3. The highest BCUT2D eigenvalue weighted by Crippen LogP contribution is 2.23. The van der Waals surface area contributed by atoms with Gasteiger partial charge in [0.2, 0.25) is 0 Å². The van der Waals surface area contributed by atoms with Crippen molar-refractivity contribution < 1.29 is 14.2 Å². The van der Waals surface area contributed by atoms with Crippen molar-refractivity contribution in [2.24, 2.45) is 0 Å². The van der Waals surface area contributed by atoms with Crippen LogP contribution in [0.25, 0.3) is 0 Å². The van der Waals surface area contributed by atoms with E-state index >= 15 is 0 Å². The average Bonchev–Trinajstić information content (AvgIpc) is 2.50. The number of aliphatic hydroxyl groups excluding tert-OH is 1. The second kappa shape index (κ2) is 6.59. The summed E-state index contributed by atoms with van der Waals surface area (Å²) in [5.74, 6) is 0.508. The topological polar surface area (TPSA) is 41.5 Å². The van der Waals surface area contributed by atoms with Gasteiger partial charge in [0.1, 0.15) is 11.6 Å². The first-order valence-corrected chi connectivity index (χ1v) is 6.83. The van der Waals surface area contributed by atoms with Crippen molar-refractivity contribution in [1.82, 2.24) is 0 Å². The maximum atomic E-state index is 13.8. The Morgan fingerprint density at radius 1 is 1.14 bits per heavy atom. The van der Waals surface area contributed by atoms with Crippen molar-refractivity contribution in [1.29, 1.82) is 0 Å². The van der Waals surface area contributed by atoms with Gasteiger partial charge in [-0.1, -0.05) is 18.2 Å². The minimum absolute atomic E-state index is 0.104. The predicted octanol–water partition coefficient (Wildman–Crippen LogP) is 3.24. The van der Waals surface area contributed by atoms with E-state index in [1.54, 1.807) is 25.3 Å². The number of rotatable bonds is 6. The van der Waals surface area contributed by atoms with Gasteiger partial charge in [-0.3, -0.25) is 0 Å². The maximum Gasteiger partial charge on any atom is 0.126 e. The van der Waals surface area contributed by atoms with Crippen LogP contribution in [0.1, 0.15) is 12.5 Å². The number of aliphatic hydroxyl groups is 1. The molecule has 0 aromatic heterocycles. The quantitative estimate of drug-likeness (QED) is 0.858. The lowest BCUT2D eigenvalue weighted by Gasteiger charge is -2.30. The van der Waals surface area contributed by atoms with Crippen LogP contribution in [0.2, 0.25) is 0 Å². The lowest BCUT2D eigenvalue weighted by atomic mass is 9.93. The molecule has 2 rings (SSSR count). The van der Waals surface area contributed by atoms with E-state index in [1.807, 2.05) is 31.2 Å². The van der Waals surface area contributed by atoms with E-state index in [-0.39, 0.29) is 12.4 Å². The van der Waals surface area contributed by atoms with Crippen LogP contribution in [0.15, 0.2) is 48.5 Å². The molecule has 0 saturated carbocycles. The zero-order valence-corrected chi connectivity index (χ0v) is 12.3. The summed E-state index contributed by atoms with van der Waals surface area (Å²) in [6.45, 7) is 1.76. The first-order chi connectivity index (χ1) is 10.1. The number of hydrogen-bond acceptors (Lipinski definition) is 3. The molecule has 0 fully saturated rings. The van der Waals surface area contributed by atoms with Crippen LogP contribution in [0, 0.1) is 5.82 Å². The number of halogens is 1. The molecule has 3 nitrogen and oxygen atoms in total. The Labute approximate surface area is 124 Å². The van der Waals surface area contributed by atoms with E-state index in [2.05, 4.69) is 5.32 Å². The fourth-order valence-electron chi connectivity index (χ4n) is 2.22. The predicted molar refractivity (Wildman–Crippen MR) is 82.2 cm³/mol. The van der Waals surface area contributed by atoms with Crippen LogP contribution in [0.5, 0.6) is 5.75 Å². The van der Waals surface area contributed by atoms with Gasteiger partial charge in [0.05, 0.1) is 19.3 Å². The summed E-state index contributed by atoms with van der Waals surface area (Å²) in [4.78, 5) is 0. The summed E-state index contributed by atoms with van der Waals surface area (Å²) in [5, 5.41) is 12.9. The van der Waals surface area contributed by atoms with Crippen molar-refractivity contribution >= 4 is 5.69 Å². The van der Waals surface area contributed by atoms with Crippen LogP contribution in [0.4, 0.5) is 10.1 Å². The van der Waals surface area contributed by atoms with Gasteiger partial charge in [-0.15, -0.1) is 0 Å². The number of anilines is 1. The molecule has 0 saturated heterocycles. The van der Waals surface area contributed by atoms with Gasteiger partial charge in [-0.25, -0.2) is 4.39 Å². The molecule has 21 heavy (non-hydrogen) atoms. The number of methoxy groups -OCH3 is 1. The molecule has 0 radical (unpaired) electrons. The van der Waals surface area contributed by atoms with Crippen LogP contribution in [-0.2, 0) is 6.42 Å². The number of benzene rings is 2. The molecule has 2 aromatic carbocycles. The van der Waals surface area contributed by atoms with Gasteiger partial charge in [-0.2, -0.15) is 0 Å². The summed E-state index contributed by atoms with van der Waals surface area (Å²) in [5.41, 5.74) is 0.787. The Bertz CT molecular complexity index is 586. The molecule has 0 aliphatic rings. The summed E-state index contributed by atoms with van der Waals surface area (Å²) in [7, 11) is 1.61. The summed E-state index contributed by atoms with van der Waals surface area (Å²) in [6.07, 6.45) is 0.391. The molecular weight excluding hydrogens is 269 g/mol. The molecular formula is C17H20FNO2. The monoisotopic (exact) mass is 289 g/mol. The molecule has 2 N–H and O–H groups in total. The first-order valence-electron chi connectivity index (χ1n) is 6.83. The third-order valence-corrected chi connectivity index (χ3v) is 3.42. The van der Waals surface area contributed by atoms with E-state index in [9.17, 15) is 9.50 Å². The number of ether oxygens (including phenoxy) is 1.